The van der Waals surface area contributed by atoms with Crippen LogP contribution in [0.4, 0.5) is 15.7 Å². The number of carbonyl (C=O) groups is 2. The van der Waals surface area contributed by atoms with Gasteiger partial charge in [0.25, 0.3) is 0 Å². The molecule has 3 amide bonds. The standard InChI is InChI=1S/C20H21N5O2S/c1-13-8-9-17(21-11-13)23-18(26)14-5-4-10-25(12-14)20(27)24-19-22-15-6-2-3-7-16(15)28-19/h2-3,6-9,11,14H,4-5,10,12H2,1H3,(H,21,23,26)(H,22,24,27)/t14-/m1/s1. The summed E-state index contributed by atoms with van der Waals surface area (Å²) in [6, 6.07) is 11.2. The van der Waals surface area contributed by atoms with Gasteiger partial charge < -0.3 is 10.2 Å². The quantitative estimate of drug-likeness (QED) is 0.704. The van der Waals surface area contributed by atoms with E-state index in [4.69, 9.17) is 0 Å². The number of piperidine rings is 1. The Morgan fingerprint density at radius 3 is 2.82 bits per heavy atom. The molecule has 0 unspecified atom stereocenters. The summed E-state index contributed by atoms with van der Waals surface area (Å²) in [6.45, 7) is 2.96. The number of carbonyl (C=O) groups excluding carboxylic acids is 2. The van der Waals surface area contributed by atoms with Crippen molar-refractivity contribution < 1.29 is 9.59 Å². The fraction of sp³-hybridized carbons (Fsp3) is 0.300. The first-order valence-corrected chi connectivity index (χ1v) is 10.0. The second kappa shape index (κ2) is 7.93. The van der Waals surface area contributed by atoms with E-state index < -0.39 is 0 Å². The van der Waals surface area contributed by atoms with Gasteiger partial charge in [-0.05, 0) is 43.5 Å². The summed E-state index contributed by atoms with van der Waals surface area (Å²) < 4.78 is 1.03. The Bertz CT molecular complexity index is 968. The van der Waals surface area contributed by atoms with Gasteiger partial charge in [0, 0.05) is 19.3 Å². The maximum Gasteiger partial charge on any atom is 0.323 e. The Hall–Kier alpha value is -3.00. The molecule has 8 heteroatoms. The first kappa shape index (κ1) is 18.4. The minimum atomic E-state index is -0.252. The fourth-order valence-electron chi connectivity index (χ4n) is 3.24. The van der Waals surface area contributed by atoms with Gasteiger partial charge in [-0.1, -0.05) is 29.5 Å². The number of hydrogen-bond donors (Lipinski definition) is 2. The Kier molecular flexibility index (Phi) is 5.21. The zero-order valence-electron chi connectivity index (χ0n) is 15.5. The van der Waals surface area contributed by atoms with Gasteiger partial charge in [-0.2, -0.15) is 0 Å². The number of urea groups is 1. The summed E-state index contributed by atoms with van der Waals surface area (Å²) in [7, 11) is 0. The number of amides is 3. The molecule has 1 aliphatic heterocycles. The SMILES string of the molecule is Cc1ccc(NC(=O)[C@@H]2CCCN(C(=O)Nc3nc4ccccc4s3)C2)nc1. The van der Waals surface area contributed by atoms with Crippen LogP contribution in [0.3, 0.4) is 0 Å². The largest absolute Gasteiger partial charge is 0.324 e. The number of rotatable bonds is 3. The smallest absolute Gasteiger partial charge is 0.323 e. The molecule has 4 rings (SSSR count). The van der Waals surface area contributed by atoms with E-state index >= 15 is 0 Å². The summed E-state index contributed by atoms with van der Waals surface area (Å²) in [4.78, 5) is 35.6. The van der Waals surface area contributed by atoms with Crippen molar-refractivity contribution in [3.05, 3.63) is 48.2 Å². The minimum Gasteiger partial charge on any atom is -0.324 e. The van der Waals surface area contributed by atoms with Gasteiger partial charge in [-0.15, -0.1) is 0 Å². The number of anilines is 2. The summed E-state index contributed by atoms with van der Waals surface area (Å²) in [5.74, 6) is 0.179. The molecule has 2 N–H and O–H groups in total. The van der Waals surface area contributed by atoms with Crippen molar-refractivity contribution in [2.24, 2.45) is 5.92 Å². The van der Waals surface area contributed by atoms with E-state index in [1.807, 2.05) is 37.3 Å². The van der Waals surface area contributed by atoms with E-state index in [0.29, 0.717) is 24.0 Å². The van der Waals surface area contributed by atoms with Crippen molar-refractivity contribution in [2.75, 3.05) is 23.7 Å². The van der Waals surface area contributed by atoms with E-state index in [1.165, 1.54) is 11.3 Å². The molecule has 1 aromatic carbocycles. The summed E-state index contributed by atoms with van der Waals surface area (Å²) >= 11 is 1.44. The van der Waals surface area contributed by atoms with Crippen LogP contribution < -0.4 is 10.6 Å². The number of fused-ring (bicyclic) bond motifs is 1. The number of aryl methyl sites for hydroxylation is 1. The lowest BCUT2D eigenvalue weighted by Gasteiger charge is -2.31. The number of nitrogens with one attached hydrogen (secondary N) is 2. The van der Waals surface area contributed by atoms with Crippen LogP contribution in [0.5, 0.6) is 0 Å². The van der Waals surface area contributed by atoms with Crippen molar-refractivity contribution in [2.45, 2.75) is 19.8 Å². The first-order valence-electron chi connectivity index (χ1n) is 9.23. The molecule has 3 heterocycles. The number of hydrogen-bond acceptors (Lipinski definition) is 5. The maximum atomic E-state index is 12.6. The molecular formula is C20H21N5O2S. The van der Waals surface area contributed by atoms with Gasteiger partial charge in [-0.3, -0.25) is 10.1 Å². The molecule has 0 bridgehead atoms. The molecule has 3 aromatic rings. The zero-order valence-corrected chi connectivity index (χ0v) is 16.3. The number of likely N-dealkylation sites (tertiary alicyclic amines) is 1. The highest BCUT2D eigenvalue weighted by Crippen LogP contribution is 2.26. The van der Waals surface area contributed by atoms with Crippen molar-refractivity contribution in [3.8, 4) is 0 Å². The van der Waals surface area contributed by atoms with Crippen LogP contribution in [-0.4, -0.2) is 39.9 Å². The second-order valence-corrected chi connectivity index (χ2v) is 7.94. The molecular weight excluding hydrogens is 374 g/mol. The topological polar surface area (TPSA) is 87.2 Å². The van der Waals surface area contributed by atoms with Gasteiger partial charge >= 0.3 is 6.03 Å². The van der Waals surface area contributed by atoms with Crippen LogP contribution in [0, 0.1) is 12.8 Å². The third-order valence-corrected chi connectivity index (χ3v) is 5.70. The fourth-order valence-corrected chi connectivity index (χ4v) is 4.10. The lowest BCUT2D eigenvalue weighted by atomic mass is 9.97. The van der Waals surface area contributed by atoms with Crippen LogP contribution >= 0.6 is 11.3 Å². The van der Waals surface area contributed by atoms with Crippen LogP contribution in [0.1, 0.15) is 18.4 Å². The van der Waals surface area contributed by atoms with E-state index in [-0.39, 0.29) is 17.9 Å². The Balaban J connectivity index is 1.37. The summed E-state index contributed by atoms with van der Waals surface area (Å²) in [6.07, 6.45) is 3.25. The highest BCUT2D eigenvalue weighted by molar-refractivity contribution is 7.22. The molecule has 2 aromatic heterocycles. The molecule has 28 heavy (non-hydrogen) atoms. The lowest BCUT2D eigenvalue weighted by molar-refractivity contribution is -0.121. The second-order valence-electron chi connectivity index (χ2n) is 6.91. The number of pyridine rings is 1. The van der Waals surface area contributed by atoms with E-state index in [2.05, 4.69) is 20.6 Å². The molecule has 0 radical (unpaired) electrons. The average Bonchev–Trinajstić information content (AvgIpc) is 3.12. The molecule has 1 atom stereocenters. The molecule has 1 aliphatic rings. The molecule has 0 saturated carbocycles. The number of nitrogens with zero attached hydrogens (tertiary/aromatic N) is 3. The summed E-state index contributed by atoms with van der Waals surface area (Å²) in [5, 5.41) is 6.28. The Morgan fingerprint density at radius 1 is 1.18 bits per heavy atom. The molecule has 1 fully saturated rings. The predicted molar refractivity (Wildman–Crippen MR) is 111 cm³/mol. The number of thiazole rings is 1. The number of aromatic nitrogens is 2. The Labute approximate surface area is 166 Å². The molecule has 0 spiro atoms. The van der Waals surface area contributed by atoms with E-state index in [1.54, 1.807) is 17.2 Å². The van der Waals surface area contributed by atoms with E-state index in [0.717, 1.165) is 28.6 Å². The molecule has 0 aliphatic carbocycles. The molecule has 7 nitrogen and oxygen atoms in total. The normalized spacial score (nSPS) is 16.8. The van der Waals surface area contributed by atoms with Gasteiger partial charge in [0.2, 0.25) is 5.91 Å². The van der Waals surface area contributed by atoms with Crippen LogP contribution in [0.15, 0.2) is 42.6 Å². The molecule has 144 valence electrons. The summed E-state index contributed by atoms with van der Waals surface area (Å²) in [5.41, 5.74) is 1.90. The van der Waals surface area contributed by atoms with Crippen LogP contribution in [0.25, 0.3) is 10.2 Å². The third-order valence-electron chi connectivity index (χ3n) is 4.75. The zero-order chi connectivity index (χ0) is 19.5. The van der Waals surface area contributed by atoms with Crippen LogP contribution in [-0.2, 0) is 4.79 Å². The van der Waals surface area contributed by atoms with Crippen molar-refractivity contribution in [3.63, 3.8) is 0 Å². The highest BCUT2D eigenvalue weighted by atomic mass is 32.1. The van der Waals surface area contributed by atoms with Crippen molar-refractivity contribution >= 4 is 44.4 Å². The van der Waals surface area contributed by atoms with Gasteiger partial charge in [0.15, 0.2) is 5.13 Å². The lowest BCUT2D eigenvalue weighted by Crippen LogP contribution is -2.45. The van der Waals surface area contributed by atoms with Crippen molar-refractivity contribution in [1.82, 2.24) is 14.9 Å². The number of para-hydroxylation sites is 1. The molecule has 1 saturated heterocycles. The monoisotopic (exact) mass is 395 g/mol. The highest BCUT2D eigenvalue weighted by Gasteiger charge is 2.29. The van der Waals surface area contributed by atoms with Gasteiger partial charge in [-0.25, -0.2) is 14.8 Å². The van der Waals surface area contributed by atoms with Gasteiger partial charge in [0.1, 0.15) is 5.82 Å². The minimum absolute atomic E-state index is 0.103. The van der Waals surface area contributed by atoms with Crippen molar-refractivity contribution in [1.29, 1.82) is 0 Å². The number of benzene rings is 1. The third kappa shape index (κ3) is 4.12. The van der Waals surface area contributed by atoms with Gasteiger partial charge in [0.05, 0.1) is 16.1 Å². The average molecular weight is 395 g/mol. The predicted octanol–water partition coefficient (Wildman–Crippen LogP) is 3.88. The van der Waals surface area contributed by atoms with E-state index in [9.17, 15) is 9.59 Å². The Morgan fingerprint density at radius 2 is 2.04 bits per heavy atom. The van der Waals surface area contributed by atoms with Crippen LogP contribution in [0.2, 0.25) is 0 Å². The maximum absolute atomic E-state index is 12.6. The first-order chi connectivity index (χ1) is 13.6.